The second kappa shape index (κ2) is 16.8. The van der Waals surface area contributed by atoms with Crippen LogP contribution in [0.5, 0.6) is 0 Å². The predicted octanol–water partition coefficient (Wildman–Crippen LogP) is 10.4. The largest absolute Gasteiger partial charge is 0.285 e. The summed E-state index contributed by atoms with van der Waals surface area (Å²) < 4.78 is 5.91. The molecule has 290 valence electrons. The first kappa shape index (κ1) is 39.7. The molecule has 0 aliphatic rings. The highest BCUT2D eigenvalue weighted by Gasteiger charge is 2.22. The standard InChI is InChI=1S/C45H60N10/c1-28(2)37-16-13-17-38(29(3)4)43(37)53-25-34(46-49-53)22-52(23-35-26-54(50-47-35)44-39(30(5)6)18-14-19-40(44)31(7)8)24-36-27-55(51-48-36)45-41(32(9)10)20-15-21-42(45)33(11)12/h13-21,25-33H,22-24H2,1-12H3. The highest BCUT2D eigenvalue weighted by atomic mass is 15.5. The lowest BCUT2D eigenvalue weighted by Crippen LogP contribution is -2.23. The van der Waals surface area contributed by atoms with Crippen LogP contribution in [0.25, 0.3) is 17.1 Å². The highest BCUT2D eigenvalue weighted by molar-refractivity contribution is 5.52. The van der Waals surface area contributed by atoms with Gasteiger partial charge in [-0.3, -0.25) is 4.90 Å². The fourth-order valence-electron chi connectivity index (χ4n) is 7.62. The van der Waals surface area contributed by atoms with Crippen molar-refractivity contribution in [2.24, 2.45) is 0 Å². The lowest BCUT2D eigenvalue weighted by atomic mass is 9.93. The van der Waals surface area contributed by atoms with E-state index < -0.39 is 0 Å². The fourth-order valence-corrected chi connectivity index (χ4v) is 7.62. The monoisotopic (exact) mass is 741 g/mol. The van der Waals surface area contributed by atoms with E-state index in [0.717, 1.165) is 34.1 Å². The molecule has 3 aromatic heterocycles. The first-order chi connectivity index (χ1) is 26.2. The predicted molar refractivity (Wildman–Crippen MR) is 222 cm³/mol. The molecule has 0 N–H and O–H groups in total. The lowest BCUT2D eigenvalue weighted by molar-refractivity contribution is 0.238. The van der Waals surface area contributed by atoms with Crippen molar-refractivity contribution in [1.82, 2.24) is 49.9 Å². The van der Waals surface area contributed by atoms with E-state index in [-0.39, 0.29) is 0 Å². The summed E-state index contributed by atoms with van der Waals surface area (Å²) in [6.45, 7) is 28.4. The minimum absolute atomic E-state index is 0.345. The zero-order chi connectivity index (χ0) is 39.6. The summed E-state index contributed by atoms with van der Waals surface area (Å²) in [5.74, 6) is 2.07. The van der Waals surface area contributed by atoms with E-state index in [1.54, 1.807) is 0 Å². The van der Waals surface area contributed by atoms with Gasteiger partial charge in [-0.15, -0.1) is 15.3 Å². The summed E-state index contributed by atoms with van der Waals surface area (Å²) >= 11 is 0. The van der Waals surface area contributed by atoms with Crippen LogP contribution in [0.4, 0.5) is 0 Å². The third kappa shape index (κ3) is 8.64. The zero-order valence-corrected chi connectivity index (χ0v) is 35.0. The van der Waals surface area contributed by atoms with Crippen LogP contribution < -0.4 is 0 Å². The molecule has 10 nitrogen and oxygen atoms in total. The number of rotatable bonds is 15. The molecule has 0 saturated heterocycles. The molecule has 6 rings (SSSR count). The summed E-state index contributed by atoms with van der Waals surface area (Å²) in [7, 11) is 0. The molecule has 0 aliphatic heterocycles. The number of hydrogen-bond acceptors (Lipinski definition) is 7. The van der Waals surface area contributed by atoms with Crippen LogP contribution in [0.2, 0.25) is 0 Å². The van der Waals surface area contributed by atoms with E-state index in [4.69, 9.17) is 30.9 Å². The van der Waals surface area contributed by atoms with Crippen molar-refractivity contribution in [2.75, 3.05) is 0 Å². The van der Waals surface area contributed by atoms with Gasteiger partial charge in [0.2, 0.25) is 0 Å². The Balaban J connectivity index is 1.37. The molecule has 0 fully saturated rings. The van der Waals surface area contributed by atoms with Crippen molar-refractivity contribution >= 4 is 0 Å². The molecular formula is C45H60N10. The van der Waals surface area contributed by atoms with Gasteiger partial charge in [0.15, 0.2) is 0 Å². The van der Waals surface area contributed by atoms with Gasteiger partial charge in [0.25, 0.3) is 0 Å². The third-order valence-electron chi connectivity index (χ3n) is 10.5. The van der Waals surface area contributed by atoms with Crippen molar-refractivity contribution < 1.29 is 0 Å². The quantitative estimate of drug-likeness (QED) is 0.103. The fraction of sp³-hybridized carbons (Fsp3) is 0.467. The average molecular weight is 741 g/mol. The summed E-state index contributed by atoms with van der Waals surface area (Å²) in [5.41, 5.74) is 13.5. The van der Waals surface area contributed by atoms with Crippen molar-refractivity contribution in [3.05, 3.63) is 124 Å². The number of benzene rings is 3. The molecule has 0 bridgehead atoms. The molecular weight excluding hydrogens is 681 g/mol. The summed E-state index contributed by atoms with van der Waals surface area (Å²) in [5, 5.41) is 28.3. The van der Waals surface area contributed by atoms with Gasteiger partial charge in [-0.2, -0.15) is 0 Å². The van der Waals surface area contributed by atoms with Crippen molar-refractivity contribution in [3.63, 3.8) is 0 Å². The number of hydrogen-bond donors (Lipinski definition) is 0. The molecule has 10 heteroatoms. The Labute approximate surface area is 328 Å². The third-order valence-corrected chi connectivity index (χ3v) is 10.5. The zero-order valence-electron chi connectivity index (χ0n) is 35.0. The Kier molecular flexibility index (Phi) is 12.1. The Bertz CT molecular complexity index is 1870. The normalized spacial score (nSPS) is 12.3. The van der Waals surface area contributed by atoms with Crippen LogP contribution >= 0.6 is 0 Å². The molecule has 0 unspecified atom stereocenters. The van der Waals surface area contributed by atoms with E-state index in [2.05, 4.69) is 161 Å². The minimum atomic E-state index is 0.345. The van der Waals surface area contributed by atoms with Crippen LogP contribution in [-0.4, -0.2) is 49.9 Å². The maximum absolute atomic E-state index is 4.73. The van der Waals surface area contributed by atoms with Gasteiger partial charge in [-0.1, -0.05) is 153 Å². The number of nitrogens with zero attached hydrogens (tertiary/aromatic N) is 10. The lowest BCUT2D eigenvalue weighted by Gasteiger charge is -2.20. The molecule has 0 amide bonds. The molecule has 3 aromatic carbocycles. The van der Waals surface area contributed by atoms with Crippen molar-refractivity contribution in [3.8, 4) is 17.1 Å². The maximum atomic E-state index is 4.73. The van der Waals surface area contributed by atoms with Gasteiger partial charge >= 0.3 is 0 Å². The second-order valence-electron chi connectivity index (χ2n) is 16.9. The van der Waals surface area contributed by atoms with Gasteiger partial charge < -0.3 is 0 Å². The molecule has 6 aromatic rings. The Morgan fingerprint density at radius 2 is 0.600 bits per heavy atom. The van der Waals surface area contributed by atoms with Gasteiger partial charge in [-0.25, -0.2) is 14.0 Å². The summed E-state index contributed by atoms with van der Waals surface area (Å²) in [6, 6.07) is 19.7. The van der Waals surface area contributed by atoms with Crippen LogP contribution in [-0.2, 0) is 19.6 Å². The molecule has 0 radical (unpaired) electrons. The van der Waals surface area contributed by atoms with Crippen molar-refractivity contribution in [1.29, 1.82) is 0 Å². The molecule has 0 spiro atoms. The number of para-hydroxylation sites is 3. The topological polar surface area (TPSA) is 95.4 Å². The maximum Gasteiger partial charge on any atom is 0.0972 e. The van der Waals surface area contributed by atoms with Crippen molar-refractivity contribution in [2.45, 2.75) is 138 Å². The first-order valence-corrected chi connectivity index (χ1v) is 20.1. The van der Waals surface area contributed by atoms with Crippen LogP contribution in [0.15, 0.2) is 73.2 Å². The van der Waals surface area contributed by atoms with Gasteiger partial charge in [0, 0.05) is 19.6 Å². The van der Waals surface area contributed by atoms with Gasteiger partial charge in [-0.05, 0) is 68.9 Å². The smallest absolute Gasteiger partial charge is 0.0972 e. The summed E-state index contributed by atoms with van der Waals surface area (Å²) in [6.07, 6.45) is 6.24. The van der Waals surface area contributed by atoms with E-state index in [1.165, 1.54) is 33.4 Å². The molecule has 55 heavy (non-hydrogen) atoms. The van der Waals surface area contributed by atoms with E-state index in [9.17, 15) is 0 Å². The Morgan fingerprint density at radius 1 is 0.382 bits per heavy atom. The molecule has 3 heterocycles. The van der Waals surface area contributed by atoms with E-state index in [0.29, 0.717) is 55.1 Å². The second-order valence-corrected chi connectivity index (χ2v) is 16.9. The molecule has 0 saturated carbocycles. The van der Waals surface area contributed by atoms with E-state index in [1.807, 2.05) is 14.0 Å². The Hall–Kier alpha value is -4.96. The van der Waals surface area contributed by atoms with E-state index >= 15 is 0 Å². The highest BCUT2D eigenvalue weighted by Crippen LogP contribution is 2.33. The average Bonchev–Trinajstić information content (AvgIpc) is 3.92. The first-order valence-electron chi connectivity index (χ1n) is 20.1. The van der Waals surface area contributed by atoms with Gasteiger partial charge in [0.1, 0.15) is 0 Å². The van der Waals surface area contributed by atoms with Crippen LogP contribution in [0.1, 0.15) is 169 Å². The van der Waals surface area contributed by atoms with Gasteiger partial charge in [0.05, 0.1) is 52.7 Å². The minimum Gasteiger partial charge on any atom is -0.285 e. The van der Waals surface area contributed by atoms with Crippen LogP contribution in [0, 0.1) is 0 Å². The molecule has 0 atom stereocenters. The molecule has 0 aliphatic carbocycles. The number of aromatic nitrogens is 9. The van der Waals surface area contributed by atoms with Crippen LogP contribution in [0.3, 0.4) is 0 Å². The summed E-state index contributed by atoms with van der Waals surface area (Å²) in [4.78, 5) is 2.31. The Morgan fingerprint density at radius 3 is 0.800 bits per heavy atom. The SMILES string of the molecule is CC(C)c1cccc(C(C)C)c1-n1cc(CN(Cc2cn(-c3c(C(C)C)cccc3C(C)C)nn2)Cc2cn(-c3c(C(C)C)cccc3C(C)C)nn2)nn1.